The second-order valence-electron chi connectivity index (χ2n) is 6.28. The van der Waals surface area contributed by atoms with Crippen LogP contribution in [0.25, 0.3) is 21.8 Å². The van der Waals surface area contributed by atoms with Gasteiger partial charge in [0.05, 0.1) is 10.4 Å². The second kappa shape index (κ2) is 6.91. The Hall–Kier alpha value is -3.68. The second-order valence-corrected chi connectivity index (χ2v) is 6.28. The van der Waals surface area contributed by atoms with E-state index < -0.39 is 4.92 Å². The number of nitro groups is 1. The molecule has 1 amide bonds. The fourth-order valence-corrected chi connectivity index (χ4v) is 3.19. The van der Waals surface area contributed by atoms with E-state index in [1.54, 1.807) is 6.07 Å². The van der Waals surface area contributed by atoms with Gasteiger partial charge in [-0.3, -0.25) is 20.0 Å². The first-order valence-electron chi connectivity index (χ1n) is 8.59. The molecule has 0 unspecified atom stereocenters. The average Bonchev–Trinajstić information content (AvgIpc) is 3.28. The largest absolute Gasteiger partial charge is 0.361 e. The number of benzene rings is 2. The summed E-state index contributed by atoms with van der Waals surface area (Å²) in [6, 6.07) is 12.4. The molecule has 0 saturated heterocycles. The van der Waals surface area contributed by atoms with Gasteiger partial charge in [-0.05, 0) is 30.5 Å². The number of aromatic nitrogens is 3. The predicted molar refractivity (Wildman–Crippen MR) is 102 cm³/mol. The first-order chi connectivity index (χ1) is 13.1. The number of rotatable bonds is 6. The van der Waals surface area contributed by atoms with Crippen molar-refractivity contribution in [1.29, 1.82) is 0 Å². The van der Waals surface area contributed by atoms with E-state index in [2.05, 4.69) is 26.6 Å². The number of carbonyl (C=O) groups is 1. The summed E-state index contributed by atoms with van der Waals surface area (Å²) in [5.41, 5.74) is 2.99. The third-order valence-electron chi connectivity index (χ3n) is 4.56. The highest BCUT2D eigenvalue weighted by atomic mass is 16.6. The molecule has 0 aliphatic carbocycles. The van der Waals surface area contributed by atoms with Gasteiger partial charge in [-0.15, -0.1) is 0 Å². The molecule has 2 aromatic carbocycles. The molecule has 0 atom stereocenters. The van der Waals surface area contributed by atoms with E-state index >= 15 is 0 Å². The lowest BCUT2D eigenvalue weighted by Crippen LogP contribution is -2.25. The van der Waals surface area contributed by atoms with Gasteiger partial charge in [0, 0.05) is 41.2 Å². The van der Waals surface area contributed by atoms with Gasteiger partial charge in [-0.25, -0.2) is 0 Å². The van der Waals surface area contributed by atoms with Gasteiger partial charge in [-0.2, -0.15) is 5.10 Å². The Balaban J connectivity index is 1.40. The number of non-ortho nitro benzene ring substituents is 1. The molecule has 8 heteroatoms. The summed E-state index contributed by atoms with van der Waals surface area (Å²) >= 11 is 0. The summed E-state index contributed by atoms with van der Waals surface area (Å²) in [7, 11) is 0. The molecule has 136 valence electrons. The van der Waals surface area contributed by atoms with Crippen molar-refractivity contribution in [3.63, 3.8) is 0 Å². The minimum absolute atomic E-state index is 0.0720. The van der Waals surface area contributed by atoms with Crippen molar-refractivity contribution in [3.8, 4) is 0 Å². The zero-order valence-electron chi connectivity index (χ0n) is 14.4. The molecule has 3 N–H and O–H groups in total. The summed E-state index contributed by atoms with van der Waals surface area (Å²) in [6.07, 6.45) is 3.60. The van der Waals surface area contributed by atoms with Crippen molar-refractivity contribution in [2.45, 2.75) is 12.8 Å². The Morgan fingerprint density at radius 1 is 1.15 bits per heavy atom. The molecule has 0 bridgehead atoms. The Morgan fingerprint density at radius 2 is 2.00 bits per heavy atom. The lowest BCUT2D eigenvalue weighted by atomic mass is 10.1. The molecule has 0 spiro atoms. The van der Waals surface area contributed by atoms with E-state index in [4.69, 9.17) is 0 Å². The summed E-state index contributed by atoms with van der Waals surface area (Å²) in [5.74, 6) is -0.347. The minimum atomic E-state index is -0.491. The first kappa shape index (κ1) is 16.8. The third kappa shape index (κ3) is 3.24. The smallest absolute Gasteiger partial charge is 0.272 e. The number of amides is 1. The molecule has 4 aromatic rings. The molecule has 0 saturated carbocycles. The zero-order chi connectivity index (χ0) is 18.8. The van der Waals surface area contributed by atoms with E-state index in [0.717, 1.165) is 18.4 Å². The number of nitro benzene ring substituents is 1. The normalized spacial score (nSPS) is 11.1. The number of aryl methyl sites for hydroxylation is 1. The molecule has 8 nitrogen and oxygen atoms in total. The predicted octanol–water partition coefficient (Wildman–Crippen LogP) is 3.32. The molecular weight excluding hydrogens is 346 g/mol. The van der Waals surface area contributed by atoms with Crippen LogP contribution in [0.3, 0.4) is 0 Å². The quantitative estimate of drug-likeness (QED) is 0.277. The summed E-state index contributed by atoms with van der Waals surface area (Å²) in [6.45, 7) is 0.488. The Morgan fingerprint density at radius 3 is 2.85 bits per heavy atom. The number of hydrogen-bond donors (Lipinski definition) is 3. The lowest BCUT2D eigenvalue weighted by molar-refractivity contribution is -0.384. The number of hydrogen-bond acceptors (Lipinski definition) is 4. The summed E-state index contributed by atoms with van der Waals surface area (Å²) in [5, 5.41) is 22.1. The van der Waals surface area contributed by atoms with Crippen LogP contribution < -0.4 is 5.32 Å². The van der Waals surface area contributed by atoms with Crippen molar-refractivity contribution in [2.75, 3.05) is 6.54 Å². The van der Waals surface area contributed by atoms with Crippen LogP contribution in [0, 0.1) is 10.1 Å². The summed E-state index contributed by atoms with van der Waals surface area (Å²) < 4.78 is 0. The van der Waals surface area contributed by atoms with Crippen molar-refractivity contribution >= 4 is 33.4 Å². The monoisotopic (exact) mass is 363 g/mol. The molecule has 0 aliphatic heterocycles. The van der Waals surface area contributed by atoms with Crippen molar-refractivity contribution in [3.05, 3.63) is 70.0 Å². The van der Waals surface area contributed by atoms with Crippen LogP contribution >= 0.6 is 0 Å². The van der Waals surface area contributed by atoms with Crippen LogP contribution in [0.2, 0.25) is 0 Å². The van der Waals surface area contributed by atoms with Crippen LogP contribution in [-0.4, -0.2) is 32.6 Å². The van der Waals surface area contributed by atoms with Gasteiger partial charge in [0.15, 0.2) is 5.69 Å². The Kier molecular flexibility index (Phi) is 4.29. The van der Waals surface area contributed by atoms with Gasteiger partial charge in [0.25, 0.3) is 11.6 Å². The zero-order valence-corrected chi connectivity index (χ0v) is 14.4. The fraction of sp³-hybridized carbons (Fsp3) is 0.158. The van der Waals surface area contributed by atoms with Gasteiger partial charge < -0.3 is 10.3 Å². The van der Waals surface area contributed by atoms with Crippen LogP contribution in [0.1, 0.15) is 22.5 Å². The van der Waals surface area contributed by atoms with Gasteiger partial charge in [0.1, 0.15) is 0 Å². The number of fused-ring (bicyclic) bond motifs is 2. The third-order valence-corrected chi connectivity index (χ3v) is 4.56. The van der Waals surface area contributed by atoms with E-state index in [1.165, 1.54) is 23.1 Å². The fourth-order valence-electron chi connectivity index (χ4n) is 3.19. The van der Waals surface area contributed by atoms with Crippen molar-refractivity contribution in [2.24, 2.45) is 0 Å². The van der Waals surface area contributed by atoms with E-state index in [0.29, 0.717) is 17.4 Å². The Bertz CT molecular complexity index is 1140. The highest BCUT2D eigenvalue weighted by Crippen LogP contribution is 2.22. The maximum Gasteiger partial charge on any atom is 0.272 e. The Labute approximate surface area is 153 Å². The maximum atomic E-state index is 12.4. The van der Waals surface area contributed by atoms with Gasteiger partial charge in [-0.1, -0.05) is 18.2 Å². The minimum Gasteiger partial charge on any atom is -0.361 e. The van der Waals surface area contributed by atoms with E-state index in [-0.39, 0.29) is 17.3 Å². The first-order valence-corrected chi connectivity index (χ1v) is 8.59. The number of nitrogens with one attached hydrogen (secondary N) is 3. The molecule has 2 heterocycles. The average molecular weight is 363 g/mol. The molecular formula is C19H17N5O3. The number of para-hydroxylation sites is 1. The molecule has 0 radical (unpaired) electrons. The number of carbonyl (C=O) groups excluding carboxylic acids is 1. The van der Waals surface area contributed by atoms with Crippen LogP contribution in [0.15, 0.2) is 48.7 Å². The molecule has 2 aromatic heterocycles. The number of nitrogens with zero attached hydrogens (tertiary/aromatic N) is 2. The van der Waals surface area contributed by atoms with Crippen molar-refractivity contribution < 1.29 is 9.72 Å². The molecule has 0 fully saturated rings. The molecule has 4 rings (SSSR count). The number of H-pyrrole nitrogens is 2. The highest BCUT2D eigenvalue weighted by Gasteiger charge is 2.17. The topological polar surface area (TPSA) is 117 Å². The van der Waals surface area contributed by atoms with E-state index in [1.807, 2.05) is 24.4 Å². The highest BCUT2D eigenvalue weighted by molar-refractivity contribution is 6.05. The standard InChI is InChI=1S/C19H17N5O3/c25-19(18-15-10-13(24(26)27)7-8-17(15)22-23-18)20-9-3-4-12-11-21-16-6-2-1-5-14(12)16/h1-2,5-8,10-11,21H,3-4,9H2,(H,20,25)(H,22,23). The van der Waals surface area contributed by atoms with Crippen LogP contribution in [0.4, 0.5) is 5.69 Å². The van der Waals surface area contributed by atoms with Gasteiger partial charge >= 0.3 is 0 Å². The maximum absolute atomic E-state index is 12.4. The number of aromatic amines is 2. The molecule has 0 aliphatic rings. The van der Waals surface area contributed by atoms with Crippen molar-refractivity contribution in [1.82, 2.24) is 20.5 Å². The van der Waals surface area contributed by atoms with Crippen LogP contribution in [0.5, 0.6) is 0 Å². The summed E-state index contributed by atoms with van der Waals surface area (Å²) in [4.78, 5) is 26.1. The van der Waals surface area contributed by atoms with Gasteiger partial charge in [0.2, 0.25) is 0 Å². The SMILES string of the molecule is O=C(NCCCc1c[nH]c2ccccc12)c1n[nH]c2ccc([N+](=O)[O-])cc12. The van der Waals surface area contributed by atoms with E-state index in [9.17, 15) is 14.9 Å². The van der Waals surface area contributed by atoms with Crippen LogP contribution in [-0.2, 0) is 6.42 Å². The lowest BCUT2D eigenvalue weighted by Gasteiger charge is -2.03. The molecule has 27 heavy (non-hydrogen) atoms.